The Balaban J connectivity index is 1.87. The number of amides is 1. The number of nitrogens with two attached hydrogens (primary N) is 1. The topological polar surface area (TPSA) is 80.5 Å². The van der Waals surface area contributed by atoms with Crippen LogP contribution in [0.15, 0.2) is 24.4 Å². The minimum absolute atomic E-state index is 0.0767. The Bertz CT molecular complexity index is 989. The molecular formula is C23H28ClFN4O2. The summed E-state index contributed by atoms with van der Waals surface area (Å²) in [7, 11) is 1.50. The van der Waals surface area contributed by atoms with Gasteiger partial charge < -0.3 is 20.7 Å². The number of hydrogen-bond donors (Lipinski definition) is 2. The van der Waals surface area contributed by atoms with Gasteiger partial charge in [0.1, 0.15) is 5.82 Å². The number of halogens is 2. The second kappa shape index (κ2) is 8.28. The van der Waals surface area contributed by atoms with Crippen molar-refractivity contribution in [2.75, 3.05) is 25.1 Å². The number of aromatic nitrogens is 1. The molecule has 1 amide bonds. The van der Waals surface area contributed by atoms with Crippen LogP contribution in [0.2, 0.25) is 5.02 Å². The third-order valence-electron chi connectivity index (χ3n) is 6.11. The molecule has 6 nitrogen and oxygen atoms in total. The number of nitrogens with one attached hydrogen (secondary N) is 1. The molecule has 0 radical (unpaired) electrons. The van der Waals surface area contributed by atoms with Crippen molar-refractivity contribution in [1.82, 2.24) is 10.3 Å². The molecule has 0 spiro atoms. The second-order valence-corrected chi connectivity index (χ2v) is 9.42. The largest absolute Gasteiger partial charge is 0.480 e. The van der Waals surface area contributed by atoms with Crippen molar-refractivity contribution in [3.63, 3.8) is 0 Å². The van der Waals surface area contributed by atoms with Crippen LogP contribution in [0, 0.1) is 11.7 Å². The molecule has 4 rings (SSSR count). The van der Waals surface area contributed by atoms with Gasteiger partial charge in [0.05, 0.1) is 23.9 Å². The highest BCUT2D eigenvalue weighted by Gasteiger charge is 2.36. The highest BCUT2D eigenvalue weighted by Crippen LogP contribution is 2.43. The third-order valence-corrected chi connectivity index (χ3v) is 6.33. The molecule has 2 heterocycles. The summed E-state index contributed by atoms with van der Waals surface area (Å²) in [6, 6.07) is 4.35. The maximum absolute atomic E-state index is 14.2. The van der Waals surface area contributed by atoms with E-state index in [0.29, 0.717) is 47.3 Å². The summed E-state index contributed by atoms with van der Waals surface area (Å²) < 4.78 is 19.8. The SMILES string of the molecule is COc1ncc(C(=O)NC(C)C2CC2)c(N2CC[C@](C)(N)C2)c1-c1cc(F)cc(Cl)c1. The highest BCUT2D eigenvalue weighted by molar-refractivity contribution is 6.31. The fourth-order valence-corrected chi connectivity index (χ4v) is 4.49. The fraction of sp³-hybridized carbons (Fsp3) is 0.478. The van der Waals surface area contributed by atoms with Gasteiger partial charge in [-0.3, -0.25) is 4.79 Å². The first-order chi connectivity index (χ1) is 14.7. The van der Waals surface area contributed by atoms with Gasteiger partial charge in [-0.2, -0.15) is 0 Å². The summed E-state index contributed by atoms with van der Waals surface area (Å²) in [5.41, 5.74) is 8.09. The van der Waals surface area contributed by atoms with E-state index in [9.17, 15) is 9.18 Å². The standard InChI is InChI=1S/C23H28ClFN4O2/c1-13(14-4-5-14)28-21(30)18-11-27-22(31-3)19(15-8-16(24)10-17(25)9-15)20(18)29-7-6-23(2,26)12-29/h8-11,13-14H,4-7,12,26H2,1-3H3,(H,28,30)/t13?,23-/m0/s1. The van der Waals surface area contributed by atoms with Gasteiger partial charge in [0.15, 0.2) is 0 Å². The van der Waals surface area contributed by atoms with E-state index in [2.05, 4.69) is 15.2 Å². The van der Waals surface area contributed by atoms with E-state index < -0.39 is 11.4 Å². The first-order valence-corrected chi connectivity index (χ1v) is 10.9. The summed E-state index contributed by atoms with van der Waals surface area (Å²) in [6.45, 7) is 5.22. The van der Waals surface area contributed by atoms with E-state index in [-0.39, 0.29) is 17.0 Å². The van der Waals surface area contributed by atoms with Gasteiger partial charge in [0.2, 0.25) is 5.88 Å². The molecule has 0 bridgehead atoms. The zero-order chi connectivity index (χ0) is 22.3. The van der Waals surface area contributed by atoms with E-state index in [4.69, 9.17) is 22.1 Å². The number of benzene rings is 1. The lowest BCUT2D eigenvalue weighted by atomic mass is 9.99. The number of carbonyl (C=O) groups excluding carboxylic acids is 1. The van der Waals surface area contributed by atoms with Crippen LogP contribution in [0.5, 0.6) is 5.88 Å². The molecule has 1 aliphatic heterocycles. The monoisotopic (exact) mass is 446 g/mol. The van der Waals surface area contributed by atoms with Crippen molar-refractivity contribution >= 4 is 23.2 Å². The number of pyridine rings is 1. The number of methoxy groups -OCH3 is 1. The van der Waals surface area contributed by atoms with E-state index in [1.165, 1.54) is 25.4 Å². The highest BCUT2D eigenvalue weighted by atomic mass is 35.5. The van der Waals surface area contributed by atoms with E-state index in [1.807, 2.05) is 13.8 Å². The Morgan fingerprint density at radius 1 is 1.42 bits per heavy atom. The molecular weight excluding hydrogens is 419 g/mol. The van der Waals surface area contributed by atoms with Crippen LogP contribution in [0.1, 0.15) is 43.5 Å². The smallest absolute Gasteiger partial charge is 0.255 e. The Labute approximate surface area is 186 Å². The average molecular weight is 447 g/mol. The van der Waals surface area contributed by atoms with Crippen LogP contribution in [0.4, 0.5) is 10.1 Å². The summed E-state index contributed by atoms with van der Waals surface area (Å²) in [5, 5.41) is 3.36. The number of hydrogen-bond acceptors (Lipinski definition) is 5. The zero-order valence-electron chi connectivity index (χ0n) is 18.0. The van der Waals surface area contributed by atoms with Crippen LogP contribution in [0.25, 0.3) is 11.1 Å². The van der Waals surface area contributed by atoms with Crippen LogP contribution < -0.4 is 20.7 Å². The maximum Gasteiger partial charge on any atom is 0.255 e. The molecule has 2 atom stereocenters. The van der Waals surface area contributed by atoms with Crippen molar-refractivity contribution in [2.45, 2.75) is 44.7 Å². The van der Waals surface area contributed by atoms with Gasteiger partial charge in [0, 0.05) is 35.9 Å². The lowest BCUT2D eigenvalue weighted by Gasteiger charge is -2.27. The van der Waals surface area contributed by atoms with Crippen LogP contribution in [0.3, 0.4) is 0 Å². The molecule has 166 valence electrons. The lowest BCUT2D eigenvalue weighted by molar-refractivity contribution is 0.0936. The van der Waals surface area contributed by atoms with Gasteiger partial charge >= 0.3 is 0 Å². The van der Waals surface area contributed by atoms with E-state index in [1.54, 1.807) is 6.07 Å². The summed E-state index contributed by atoms with van der Waals surface area (Å²) in [4.78, 5) is 19.7. The van der Waals surface area contributed by atoms with Gasteiger partial charge in [-0.15, -0.1) is 0 Å². The molecule has 2 fully saturated rings. The summed E-state index contributed by atoms with van der Waals surface area (Å²) in [6.07, 6.45) is 4.54. The normalized spacial score (nSPS) is 21.8. The molecule has 1 aromatic heterocycles. The maximum atomic E-state index is 14.2. The molecule has 1 saturated heterocycles. The molecule has 31 heavy (non-hydrogen) atoms. The number of ether oxygens (including phenoxy) is 1. The van der Waals surface area contributed by atoms with Gasteiger partial charge in [-0.25, -0.2) is 9.37 Å². The molecule has 2 aromatic rings. The minimum atomic E-state index is -0.474. The Morgan fingerprint density at radius 2 is 2.16 bits per heavy atom. The first-order valence-electron chi connectivity index (χ1n) is 10.6. The van der Waals surface area contributed by atoms with Crippen molar-refractivity contribution in [3.8, 4) is 17.0 Å². The molecule has 8 heteroatoms. The Kier molecular flexibility index (Phi) is 5.83. The third kappa shape index (κ3) is 4.62. The summed E-state index contributed by atoms with van der Waals surface area (Å²) in [5.74, 6) is 0.130. The van der Waals surface area contributed by atoms with Crippen molar-refractivity contribution < 1.29 is 13.9 Å². The first kappa shape index (κ1) is 21.8. The van der Waals surface area contributed by atoms with Crippen molar-refractivity contribution in [3.05, 3.63) is 40.8 Å². The predicted molar refractivity (Wildman–Crippen MR) is 120 cm³/mol. The Morgan fingerprint density at radius 3 is 2.74 bits per heavy atom. The van der Waals surface area contributed by atoms with Crippen LogP contribution >= 0.6 is 11.6 Å². The molecule has 1 unspecified atom stereocenters. The zero-order valence-corrected chi connectivity index (χ0v) is 18.8. The summed E-state index contributed by atoms with van der Waals surface area (Å²) >= 11 is 6.15. The van der Waals surface area contributed by atoms with Crippen LogP contribution in [-0.2, 0) is 0 Å². The molecule has 2 aliphatic rings. The average Bonchev–Trinajstić information content (AvgIpc) is 3.49. The molecule has 3 N–H and O–H groups in total. The van der Waals surface area contributed by atoms with Crippen LogP contribution in [-0.4, -0.2) is 42.7 Å². The second-order valence-electron chi connectivity index (χ2n) is 8.99. The van der Waals surface area contributed by atoms with Gasteiger partial charge in [-0.05, 0) is 62.8 Å². The van der Waals surface area contributed by atoms with E-state index >= 15 is 0 Å². The minimum Gasteiger partial charge on any atom is -0.480 e. The van der Waals surface area contributed by atoms with Gasteiger partial charge in [0.25, 0.3) is 5.91 Å². The number of carbonyl (C=O) groups is 1. The molecule has 1 saturated carbocycles. The van der Waals surface area contributed by atoms with Gasteiger partial charge in [-0.1, -0.05) is 11.6 Å². The fourth-order valence-electron chi connectivity index (χ4n) is 4.27. The number of anilines is 1. The predicted octanol–water partition coefficient (Wildman–Crippen LogP) is 4.01. The quantitative estimate of drug-likeness (QED) is 0.700. The Hall–Kier alpha value is -2.38. The van der Waals surface area contributed by atoms with E-state index in [0.717, 1.165) is 19.3 Å². The molecule has 1 aliphatic carbocycles. The van der Waals surface area contributed by atoms with Crippen molar-refractivity contribution in [2.24, 2.45) is 11.7 Å². The molecule has 1 aromatic carbocycles. The number of rotatable bonds is 6. The number of nitrogens with zero attached hydrogens (tertiary/aromatic N) is 2. The lowest BCUT2D eigenvalue weighted by Crippen LogP contribution is -2.40. The van der Waals surface area contributed by atoms with Crippen molar-refractivity contribution in [1.29, 1.82) is 0 Å².